The van der Waals surface area contributed by atoms with Crippen LogP contribution in [-0.2, 0) is 6.54 Å². The summed E-state index contributed by atoms with van der Waals surface area (Å²) in [6, 6.07) is 9.67. The van der Waals surface area contributed by atoms with Gasteiger partial charge in [-0.2, -0.15) is 5.10 Å². The number of anilines is 1. The van der Waals surface area contributed by atoms with Gasteiger partial charge < -0.3 is 10.8 Å². The largest absolute Gasteiger partial charge is 0.391 e. The Morgan fingerprint density at radius 1 is 1.47 bits per heavy atom. The van der Waals surface area contributed by atoms with Crippen LogP contribution in [0.2, 0.25) is 0 Å². The first-order chi connectivity index (χ1) is 8.06. The summed E-state index contributed by atoms with van der Waals surface area (Å²) in [4.78, 5) is 0. The number of benzene rings is 1. The van der Waals surface area contributed by atoms with Gasteiger partial charge in [-0.05, 0) is 19.1 Å². The highest BCUT2D eigenvalue weighted by Gasteiger charge is 2.08. The van der Waals surface area contributed by atoms with E-state index in [1.807, 2.05) is 30.3 Å². The molecular formula is C12H14BrN3O. The number of hydrogen-bond acceptors (Lipinski definition) is 3. The molecule has 3 N–H and O–H groups in total. The van der Waals surface area contributed by atoms with Crippen LogP contribution in [-0.4, -0.2) is 21.0 Å². The average molecular weight is 296 g/mol. The summed E-state index contributed by atoms with van der Waals surface area (Å²) in [5.41, 5.74) is 7.65. The summed E-state index contributed by atoms with van der Waals surface area (Å²) in [5, 5.41) is 13.7. The summed E-state index contributed by atoms with van der Waals surface area (Å²) in [5.74, 6) is 0.556. The highest BCUT2D eigenvalue weighted by molar-refractivity contribution is 9.10. The van der Waals surface area contributed by atoms with Gasteiger partial charge in [0, 0.05) is 16.1 Å². The average Bonchev–Trinajstić information content (AvgIpc) is 2.59. The third kappa shape index (κ3) is 2.87. The van der Waals surface area contributed by atoms with Crippen LogP contribution in [0, 0.1) is 0 Å². The van der Waals surface area contributed by atoms with E-state index in [0.29, 0.717) is 12.4 Å². The second-order valence-corrected chi connectivity index (χ2v) is 4.91. The molecule has 0 saturated carbocycles. The van der Waals surface area contributed by atoms with Crippen LogP contribution in [0.25, 0.3) is 11.3 Å². The fraction of sp³-hybridized carbons (Fsp3) is 0.250. The molecule has 1 heterocycles. The molecule has 1 atom stereocenters. The van der Waals surface area contributed by atoms with Gasteiger partial charge in [0.1, 0.15) is 5.82 Å². The van der Waals surface area contributed by atoms with E-state index in [1.165, 1.54) is 0 Å². The second kappa shape index (κ2) is 4.89. The summed E-state index contributed by atoms with van der Waals surface area (Å²) in [7, 11) is 0. The predicted molar refractivity (Wildman–Crippen MR) is 71.5 cm³/mol. The van der Waals surface area contributed by atoms with Crippen molar-refractivity contribution >= 4 is 21.7 Å². The second-order valence-electron chi connectivity index (χ2n) is 4.00. The van der Waals surface area contributed by atoms with Gasteiger partial charge >= 0.3 is 0 Å². The van der Waals surface area contributed by atoms with Gasteiger partial charge in [0.2, 0.25) is 0 Å². The lowest BCUT2D eigenvalue weighted by Crippen LogP contribution is -2.14. The van der Waals surface area contributed by atoms with Crippen molar-refractivity contribution in [2.75, 3.05) is 5.73 Å². The van der Waals surface area contributed by atoms with Crippen LogP contribution < -0.4 is 5.73 Å². The SMILES string of the molecule is CC(O)Cn1nc(-c2cccc(Br)c2)cc1N. The Morgan fingerprint density at radius 3 is 2.88 bits per heavy atom. The maximum absolute atomic E-state index is 9.33. The fourth-order valence-corrected chi connectivity index (χ4v) is 2.02. The summed E-state index contributed by atoms with van der Waals surface area (Å²) in [6.07, 6.45) is -0.465. The Bertz CT molecular complexity index is 522. The van der Waals surface area contributed by atoms with E-state index >= 15 is 0 Å². The first kappa shape index (κ1) is 12.1. The molecule has 0 radical (unpaired) electrons. The monoisotopic (exact) mass is 295 g/mol. The van der Waals surface area contributed by atoms with E-state index in [1.54, 1.807) is 11.6 Å². The molecule has 1 aromatic carbocycles. The number of aliphatic hydroxyl groups excluding tert-OH is 1. The zero-order valence-corrected chi connectivity index (χ0v) is 11.1. The Balaban J connectivity index is 2.34. The molecule has 17 heavy (non-hydrogen) atoms. The van der Waals surface area contributed by atoms with E-state index in [4.69, 9.17) is 5.73 Å². The molecular weight excluding hydrogens is 282 g/mol. The van der Waals surface area contributed by atoms with E-state index in [0.717, 1.165) is 15.7 Å². The lowest BCUT2D eigenvalue weighted by molar-refractivity contribution is 0.169. The molecule has 0 bridgehead atoms. The number of rotatable bonds is 3. The Labute approximate surface area is 108 Å². The van der Waals surface area contributed by atoms with Gasteiger partial charge in [-0.1, -0.05) is 28.1 Å². The first-order valence-electron chi connectivity index (χ1n) is 5.33. The summed E-state index contributed by atoms with van der Waals surface area (Å²) < 4.78 is 2.61. The Kier molecular flexibility index (Phi) is 3.49. The van der Waals surface area contributed by atoms with Crippen molar-refractivity contribution in [2.24, 2.45) is 0 Å². The normalized spacial score (nSPS) is 12.6. The summed E-state index contributed by atoms with van der Waals surface area (Å²) in [6.45, 7) is 2.11. The van der Waals surface area contributed by atoms with Crippen molar-refractivity contribution in [2.45, 2.75) is 19.6 Å². The molecule has 5 heteroatoms. The molecule has 4 nitrogen and oxygen atoms in total. The number of nitrogens with two attached hydrogens (primary N) is 1. The number of nitrogen functional groups attached to an aromatic ring is 1. The van der Waals surface area contributed by atoms with Crippen LogP contribution in [0.15, 0.2) is 34.8 Å². The van der Waals surface area contributed by atoms with Crippen LogP contribution >= 0.6 is 15.9 Å². The van der Waals surface area contributed by atoms with E-state index in [9.17, 15) is 5.11 Å². The molecule has 0 saturated heterocycles. The standard InChI is InChI=1S/C12H14BrN3O/c1-8(17)7-16-12(14)6-11(15-16)9-3-2-4-10(13)5-9/h2-6,8,17H,7,14H2,1H3. The smallest absolute Gasteiger partial charge is 0.122 e. The maximum atomic E-state index is 9.33. The van der Waals surface area contributed by atoms with Gasteiger partial charge in [-0.15, -0.1) is 0 Å². The predicted octanol–water partition coefficient (Wildman–Crippen LogP) is 2.28. The molecule has 90 valence electrons. The molecule has 0 aliphatic rings. The lowest BCUT2D eigenvalue weighted by atomic mass is 10.2. The number of hydrogen-bond donors (Lipinski definition) is 2. The van der Waals surface area contributed by atoms with Gasteiger partial charge in [0.05, 0.1) is 18.3 Å². The Hall–Kier alpha value is -1.33. The molecule has 1 aromatic heterocycles. The Morgan fingerprint density at radius 2 is 2.24 bits per heavy atom. The van der Waals surface area contributed by atoms with Gasteiger partial charge in [-0.3, -0.25) is 0 Å². The van der Waals surface area contributed by atoms with Gasteiger partial charge in [-0.25, -0.2) is 4.68 Å². The van der Waals surface area contributed by atoms with Crippen molar-refractivity contribution < 1.29 is 5.11 Å². The van der Waals surface area contributed by atoms with Crippen molar-refractivity contribution in [3.8, 4) is 11.3 Å². The lowest BCUT2D eigenvalue weighted by Gasteiger charge is -2.05. The zero-order valence-electron chi connectivity index (χ0n) is 9.47. The molecule has 0 spiro atoms. The fourth-order valence-electron chi connectivity index (χ4n) is 1.62. The van der Waals surface area contributed by atoms with Gasteiger partial charge in [0.25, 0.3) is 0 Å². The van der Waals surface area contributed by atoms with Crippen LogP contribution in [0.5, 0.6) is 0 Å². The summed E-state index contributed by atoms with van der Waals surface area (Å²) >= 11 is 3.42. The van der Waals surface area contributed by atoms with Gasteiger partial charge in [0.15, 0.2) is 0 Å². The number of nitrogens with zero attached hydrogens (tertiary/aromatic N) is 2. The number of aromatic nitrogens is 2. The molecule has 2 aromatic rings. The number of aliphatic hydroxyl groups is 1. The first-order valence-corrected chi connectivity index (χ1v) is 6.13. The highest BCUT2D eigenvalue weighted by atomic mass is 79.9. The third-order valence-corrected chi connectivity index (χ3v) is 2.86. The molecule has 0 fully saturated rings. The van der Waals surface area contributed by atoms with E-state index < -0.39 is 6.10 Å². The van der Waals surface area contributed by atoms with Crippen molar-refractivity contribution in [1.29, 1.82) is 0 Å². The van der Waals surface area contributed by atoms with Crippen molar-refractivity contribution in [3.05, 3.63) is 34.8 Å². The quantitative estimate of drug-likeness (QED) is 0.913. The highest BCUT2D eigenvalue weighted by Crippen LogP contribution is 2.23. The molecule has 0 aliphatic carbocycles. The number of halogens is 1. The van der Waals surface area contributed by atoms with Crippen LogP contribution in [0.1, 0.15) is 6.92 Å². The molecule has 1 unspecified atom stereocenters. The van der Waals surface area contributed by atoms with E-state index in [2.05, 4.69) is 21.0 Å². The topological polar surface area (TPSA) is 64.1 Å². The van der Waals surface area contributed by atoms with Crippen LogP contribution in [0.4, 0.5) is 5.82 Å². The third-order valence-electron chi connectivity index (χ3n) is 2.37. The van der Waals surface area contributed by atoms with E-state index in [-0.39, 0.29) is 0 Å². The molecule has 0 amide bonds. The van der Waals surface area contributed by atoms with Crippen molar-refractivity contribution in [3.63, 3.8) is 0 Å². The molecule has 0 aliphatic heterocycles. The minimum atomic E-state index is -0.465. The minimum Gasteiger partial charge on any atom is -0.391 e. The zero-order chi connectivity index (χ0) is 12.4. The van der Waals surface area contributed by atoms with Crippen LogP contribution in [0.3, 0.4) is 0 Å². The maximum Gasteiger partial charge on any atom is 0.122 e. The van der Waals surface area contributed by atoms with Crippen molar-refractivity contribution in [1.82, 2.24) is 9.78 Å². The molecule has 2 rings (SSSR count). The minimum absolute atomic E-state index is 0.403.